The van der Waals surface area contributed by atoms with Crippen LogP contribution in [0.5, 0.6) is 11.5 Å². The minimum absolute atomic E-state index is 0.00603. The van der Waals surface area contributed by atoms with E-state index in [1.807, 2.05) is 19.9 Å². The van der Waals surface area contributed by atoms with Crippen LogP contribution in [0.1, 0.15) is 37.8 Å². The molecule has 1 aliphatic heterocycles. The molecular formula is C18H25NO2. The molecule has 1 heterocycles. The SMILES string of the molecule is C#CCN1CCC[C@@H]2Cc3c(ccc(O)c3O)CC21.CC. The minimum Gasteiger partial charge on any atom is -0.504 e. The summed E-state index contributed by atoms with van der Waals surface area (Å²) in [6.07, 6.45) is 9.57. The lowest BCUT2D eigenvalue weighted by molar-refractivity contribution is 0.0985. The van der Waals surface area contributed by atoms with Gasteiger partial charge in [-0.05, 0) is 49.8 Å². The zero-order valence-electron chi connectivity index (χ0n) is 13.0. The number of fused-ring (bicyclic) bond motifs is 2. The molecule has 0 saturated carbocycles. The number of aromatic hydroxyl groups is 2. The molecule has 0 aromatic heterocycles. The molecule has 0 amide bonds. The third-order valence-corrected chi connectivity index (χ3v) is 4.58. The van der Waals surface area contributed by atoms with E-state index in [9.17, 15) is 10.2 Å². The fraction of sp³-hybridized carbons (Fsp3) is 0.556. The number of phenols is 2. The number of likely N-dealkylation sites (tertiary alicyclic amines) is 1. The Morgan fingerprint density at radius 2 is 2.05 bits per heavy atom. The lowest BCUT2D eigenvalue weighted by atomic mass is 9.75. The van der Waals surface area contributed by atoms with Gasteiger partial charge in [0.2, 0.25) is 0 Å². The Kier molecular flexibility index (Phi) is 5.14. The van der Waals surface area contributed by atoms with Gasteiger partial charge >= 0.3 is 0 Å². The van der Waals surface area contributed by atoms with Gasteiger partial charge in [-0.15, -0.1) is 6.42 Å². The summed E-state index contributed by atoms with van der Waals surface area (Å²) in [7, 11) is 0. The Labute approximate surface area is 127 Å². The molecule has 3 rings (SSSR count). The number of rotatable bonds is 1. The summed E-state index contributed by atoms with van der Waals surface area (Å²) in [4.78, 5) is 2.39. The quantitative estimate of drug-likeness (QED) is 0.616. The van der Waals surface area contributed by atoms with E-state index in [1.54, 1.807) is 6.07 Å². The summed E-state index contributed by atoms with van der Waals surface area (Å²) in [5.41, 5.74) is 2.09. The number of hydrogen-bond donors (Lipinski definition) is 2. The predicted molar refractivity (Wildman–Crippen MR) is 85.4 cm³/mol. The van der Waals surface area contributed by atoms with Crippen molar-refractivity contribution in [2.24, 2.45) is 5.92 Å². The molecule has 2 aliphatic rings. The molecular weight excluding hydrogens is 262 g/mol. The second-order valence-corrected chi connectivity index (χ2v) is 5.62. The highest BCUT2D eigenvalue weighted by molar-refractivity contribution is 5.50. The third kappa shape index (κ3) is 3.01. The Morgan fingerprint density at radius 1 is 1.29 bits per heavy atom. The van der Waals surface area contributed by atoms with Crippen LogP contribution in [0.25, 0.3) is 0 Å². The van der Waals surface area contributed by atoms with Gasteiger partial charge in [-0.1, -0.05) is 25.8 Å². The molecule has 2 atom stereocenters. The van der Waals surface area contributed by atoms with Crippen molar-refractivity contribution in [1.29, 1.82) is 0 Å². The maximum atomic E-state index is 10.0. The van der Waals surface area contributed by atoms with E-state index in [-0.39, 0.29) is 11.5 Å². The fourth-order valence-electron chi connectivity index (χ4n) is 3.63. The van der Waals surface area contributed by atoms with Crippen molar-refractivity contribution >= 4 is 0 Å². The van der Waals surface area contributed by atoms with Gasteiger partial charge in [0.05, 0.1) is 6.54 Å². The maximum Gasteiger partial charge on any atom is 0.160 e. The van der Waals surface area contributed by atoms with Gasteiger partial charge in [0.1, 0.15) is 0 Å². The highest BCUT2D eigenvalue weighted by Gasteiger charge is 2.36. The van der Waals surface area contributed by atoms with Gasteiger partial charge < -0.3 is 10.2 Å². The van der Waals surface area contributed by atoms with Crippen LogP contribution in [0.15, 0.2) is 12.1 Å². The average Bonchev–Trinajstić information content (AvgIpc) is 2.52. The summed E-state index contributed by atoms with van der Waals surface area (Å²) < 4.78 is 0. The first-order valence-corrected chi connectivity index (χ1v) is 7.91. The van der Waals surface area contributed by atoms with Gasteiger partial charge in [-0.25, -0.2) is 0 Å². The first kappa shape index (κ1) is 15.7. The van der Waals surface area contributed by atoms with Crippen molar-refractivity contribution in [3.8, 4) is 23.8 Å². The number of piperidine rings is 1. The van der Waals surface area contributed by atoms with Crippen molar-refractivity contribution < 1.29 is 10.2 Å². The molecule has 0 radical (unpaired) electrons. The van der Waals surface area contributed by atoms with Gasteiger partial charge in [-0.3, -0.25) is 4.90 Å². The summed E-state index contributed by atoms with van der Waals surface area (Å²) in [5, 5.41) is 19.6. The summed E-state index contributed by atoms with van der Waals surface area (Å²) in [6, 6.07) is 4.01. The van der Waals surface area contributed by atoms with Gasteiger partial charge in [-0.2, -0.15) is 0 Å². The molecule has 1 unspecified atom stereocenters. The molecule has 2 N–H and O–H groups in total. The number of phenolic OH excluding ortho intramolecular Hbond substituents is 2. The van der Waals surface area contributed by atoms with E-state index >= 15 is 0 Å². The van der Waals surface area contributed by atoms with Gasteiger partial charge in [0.25, 0.3) is 0 Å². The van der Waals surface area contributed by atoms with Crippen LogP contribution in [0.3, 0.4) is 0 Å². The van der Waals surface area contributed by atoms with Gasteiger partial charge in [0, 0.05) is 11.6 Å². The van der Waals surface area contributed by atoms with Crippen LogP contribution < -0.4 is 0 Å². The van der Waals surface area contributed by atoms with E-state index in [0.29, 0.717) is 18.5 Å². The normalized spacial score (nSPS) is 24.0. The van der Waals surface area contributed by atoms with Crippen molar-refractivity contribution in [2.45, 2.75) is 45.6 Å². The first-order valence-electron chi connectivity index (χ1n) is 7.91. The second kappa shape index (κ2) is 6.87. The average molecular weight is 287 g/mol. The third-order valence-electron chi connectivity index (χ3n) is 4.58. The minimum atomic E-state index is -0.00603. The number of terminal acetylenes is 1. The fourth-order valence-corrected chi connectivity index (χ4v) is 3.63. The standard InChI is InChI=1S/C16H19NO2.C2H6/c1-2-7-17-8-3-4-12-9-13-11(10-14(12)17)5-6-15(18)16(13)19;1-2/h1,5-6,12,14,18-19H,3-4,7-10H2;1-2H3/t12-,14?;/m1./s1. The molecule has 21 heavy (non-hydrogen) atoms. The lowest BCUT2D eigenvalue weighted by Gasteiger charge is -2.44. The first-order chi connectivity index (χ1) is 10.2. The Bertz CT molecular complexity index is 533. The molecule has 0 bridgehead atoms. The topological polar surface area (TPSA) is 43.7 Å². The van der Waals surface area contributed by atoms with Crippen molar-refractivity contribution in [2.75, 3.05) is 13.1 Å². The smallest absolute Gasteiger partial charge is 0.160 e. The molecule has 1 aromatic rings. The van der Waals surface area contributed by atoms with Crippen molar-refractivity contribution in [3.63, 3.8) is 0 Å². The molecule has 1 aliphatic carbocycles. The Hall–Kier alpha value is -1.66. The molecule has 0 spiro atoms. The van der Waals surface area contributed by atoms with E-state index < -0.39 is 0 Å². The Morgan fingerprint density at radius 3 is 2.76 bits per heavy atom. The zero-order valence-corrected chi connectivity index (χ0v) is 13.0. The van der Waals surface area contributed by atoms with Crippen LogP contribution >= 0.6 is 0 Å². The summed E-state index contributed by atoms with van der Waals surface area (Å²) >= 11 is 0. The van der Waals surface area contributed by atoms with Crippen LogP contribution in [0.4, 0.5) is 0 Å². The molecule has 1 aromatic carbocycles. The van der Waals surface area contributed by atoms with Crippen LogP contribution in [-0.4, -0.2) is 34.2 Å². The van der Waals surface area contributed by atoms with Crippen molar-refractivity contribution in [3.05, 3.63) is 23.3 Å². The monoisotopic (exact) mass is 287 g/mol. The highest BCUT2D eigenvalue weighted by atomic mass is 16.3. The zero-order chi connectivity index (χ0) is 15.4. The summed E-state index contributed by atoms with van der Waals surface area (Å²) in [5.74, 6) is 3.36. The van der Waals surface area contributed by atoms with E-state index in [0.717, 1.165) is 36.9 Å². The van der Waals surface area contributed by atoms with Crippen LogP contribution in [-0.2, 0) is 12.8 Å². The molecule has 3 heteroatoms. The molecule has 3 nitrogen and oxygen atoms in total. The molecule has 1 saturated heterocycles. The van der Waals surface area contributed by atoms with Gasteiger partial charge in [0.15, 0.2) is 11.5 Å². The maximum absolute atomic E-state index is 10.0. The van der Waals surface area contributed by atoms with Crippen LogP contribution in [0.2, 0.25) is 0 Å². The molecule has 1 fully saturated rings. The van der Waals surface area contributed by atoms with E-state index in [2.05, 4.69) is 10.8 Å². The predicted octanol–water partition coefficient (Wildman–Crippen LogP) is 2.94. The van der Waals surface area contributed by atoms with Crippen molar-refractivity contribution in [1.82, 2.24) is 4.90 Å². The Balaban J connectivity index is 0.000000774. The van der Waals surface area contributed by atoms with E-state index in [1.165, 1.54) is 6.42 Å². The largest absolute Gasteiger partial charge is 0.504 e. The van der Waals surface area contributed by atoms with E-state index in [4.69, 9.17) is 6.42 Å². The number of hydrogen-bond acceptors (Lipinski definition) is 3. The second-order valence-electron chi connectivity index (χ2n) is 5.62. The highest BCUT2D eigenvalue weighted by Crippen LogP contribution is 2.41. The number of benzene rings is 1. The molecule has 114 valence electrons. The number of nitrogens with zero attached hydrogens (tertiary/aromatic N) is 1. The van der Waals surface area contributed by atoms with Crippen LogP contribution in [0, 0.1) is 18.3 Å². The summed E-state index contributed by atoms with van der Waals surface area (Å²) in [6.45, 7) is 5.78. The lowest BCUT2D eigenvalue weighted by Crippen LogP contribution is -2.49.